The minimum atomic E-state index is 0.458. The van der Waals surface area contributed by atoms with Crippen molar-refractivity contribution in [2.45, 2.75) is 39.5 Å². The second-order valence-electron chi connectivity index (χ2n) is 13.4. The van der Waals surface area contributed by atoms with Crippen molar-refractivity contribution < 1.29 is 0 Å². The lowest BCUT2D eigenvalue weighted by molar-refractivity contribution is 0.739. The normalized spacial score (nSPS) is 14.7. The molecule has 2 aliphatic rings. The first-order valence-electron chi connectivity index (χ1n) is 19.4. The molecule has 8 rings (SSSR count). The van der Waals surface area contributed by atoms with Crippen LogP contribution in [0.1, 0.15) is 67.5 Å². The number of hydrogen-bond acceptors (Lipinski definition) is 1. The number of para-hydroxylation sites is 1. The molecule has 6 aromatic rings. The molecule has 2 heteroatoms. The Morgan fingerprint density at radius 2 is 1.38 bits per heavy atom. The van der Waals surface area contributed by atoms with Crippen LogP contribution in [0, 0.1) is 0 Å². The van der Waals surface area contributed by atoms with Crippen molar-refractivity contribution >= 4 is 39.9 Å². The van der Waals surface area contributed by atoms with Gasteiger partial charge in [-0.05, 0) is 101 Å². The van der Waals surface area contributed by atoms with Crippen LogP contribution in [0.3, 0.4) is 0 Å². The Bertz CT molecular complexity index is 2400. The lowest BCUT2D eigenvalue weighted by Crippen LogP contribution is -2.12. The van der Waals surface area contributed by atoms with Gasteiger partial charge in [-0.3, -0.25) is 0 Å². The van der Waals surface area contributed by atoms with Gasteiger partial charge in [0.1, 0.15) is 0 Å². The van der Waals surface area contributed by atoms with Gasteiger partial charge in [-0.2, -0.15) is 0 Å². The molecular formula is C53H52N2. The van der Waals surface area contributed by atoms with Crippen molar-refractivity contribution in [2.75, 3.05) is 11.9 Å². The predicted octanol–water partition coefficient (Wildman–Crippen LogP) is 14.7. The molecule has 1 unspecified atom stereocenters. The van der Waals surface area contributed by atoms with Gasteiger partial charge < -0.3 is 9.47 Å². The first-order chi connectivity index (χ1) is 27.1. The van der Waals surface area contributed by atoms with E-state index in [0.29, 0.717) is 5.92 Å². The fourth-order valence-corrected chi connectivity index (χ4v) is 7.79. The molecule has 0 radical (unpaired) electrons. The lowest BCUT2D eigenvalue weighted by Gasteiger charge is -2.16. The first kappa shape index (κ1) is 38.3. The Balaban J connectivity index is 0.000000313. The van der Waals surface area contributed by atoms with Crippen LogP contribution in [-0.2, 0) is 0 Å². The highest BCUT2D eigenvalue weighted by atomic mass is 15.1. The van der Waals surface area contributed by atoms with Gasteiger partial charge in [-0.25, -0.2) is 0 Å². The van der Waals surface area contributed by atoms with Crippen molar-refractivity contribution in [3.05, 3.63) is 217 Å². The number of likely N-dealkylation sites (N-methyl/N-ethyl adjacent to an activating group) is 1. The molecule has 1 aliphatic carbocycles. The van der Waals surface area contributed by atoms with Gasteiger partial charge in [0, 0.05) is 41.0 Å². The Hall–Kier alpha value is -6.38. The van der Waals surface area contributed by atoms with E-state index in [0.717, 1.165) is 29.8 Å². The molecule has 1 aromatic heterocycles. The smallest absolute Gasteiger partial charge is 0.0541 e. The molecule has 0 amide bonds. The number of rotatable bonds is 8. The largest absolute Gasteiger partial charge is 0.347 e. The van der Waals surface area contributed by atoms with Gasteiger partial charge >= 0.3 is 0 Å². The molecule has 0 saturated heterocycles. The zero-order valence-electron chi connectivity index (χ0n) is 32.8. The SMILES string of the molecule is C=C/C=C(\C=C)c1ccccc1.C=Cc1c(/C=C\C)c2cc(C3=CC=C4C(CC3)c3ccccc3N4C)ccc2n1-c1ccc(-c2ccccc2)cc1.CC. The van der Waals surface area contributed by atoms with Crippen LogP contribution in [0.5, 0.6) is 0 Å². The van der Waals surface area contributed by atoms with E-state index in [1.807, 2.05) is 50.3 Å². The Labute approximate surface area is 328 Å². The van der Waals surface area contributed by atoms with E-state index >= 15 is 0 Å². The van der Waals surface area contributed by atoms with Gasteiger partial charge in [-0.1, -0.05) is 167 Å². The third-order valence-electron chi connectivity index (χ3n) is 10.4. The van der Waals surface area contributed by atoms with Gasteiger partial charge in [0.2, 0.25) is 0 Å². The first-order valence-corrected chi connectivity index (χ1v) is 19.4. The Morgan fingerprint density at radius 1 is 0.727 bits per heavy atom. The van der Waals surface area contributed by atoms with Crippen LogP contribution in [0.25, 0.3) is 51.0 Å². The molecule has 5 aromatic carbocycles. The van der Waals surface area contributed by atoms with E-state index < -0.39 is 0 Å². The third kappa shape index (κ3) is 7.95. The van der Waals surface area contributed by atoms with E-state index in [2.05, 4.69) is 177 Å². The minimum absolute atomic E-state index is 0.458. The average Bonchev–Trinajstić information content (AvgIpc) is 3.59. The highest BCUT2D eigenvalue weighted by Crippen LogP contribution is 2.47. The fourth-order valence-electron chi connectivity index (χ4n) is 7.79. The minimum Gasteiger partial charge on any atom is -0.347 e. The van der Waals surface area contributed by atoms with Gasteiger partial charge in [-0.15, -0.1) is 0 Å². The van der Waals surface area contributed by atoms with Crippen LogP contribution in [0.2, 0.25) is 0 Å². The average molecular weight is 717 g/mol. The van der Waals surface area contributed by atoms with Crippen molar-refractivity contribution in [3.8, 4) is 16.8 Å². The summed E-state index contributed by atoms with van der Waals surface area (Å²) in [6.07, 6.45) is 18.7. The van der Waals surface area contributed by atoms with Crippen LogP contribution in [-0.4, -0.2) is 11.6 Å². The van der Waals surface area contributed by atoms with E-state index in [9.17, 15) is 0 Å². The summed E-state index contributed by atoms with van der Waals surface area (Å²) in [5.41, 5.74) is 16.3. The maximum Gasteiger partial charge on any atom is 0.0541 e. The molecule has 55 heavy (non-hydrogen) atoms. The second-order valence-corrected chi connectivity index (χ2v) is 13.4. The maximum atomic E-state index is 4.22. The number of allylic oxidation sites excluding steroid dienone is 9. The Morgan fingerprint density at radius 3 is 2.05 bits per heavy atom. The number of hydrogen-bond donors (Lipinski definition) is 0. The number of anilines is 1. The summed E-state index contributed by atoms with van der Waals surface area (Å²) >= 11 is 0. The summed E-state index contributed by atoms with van der Waals surface area (Å²) in [5, 5.41) is 1.25. The predicted molar refractivity (Wildman–Crippen MR) is 243 cm³/mol. The van der Waals surface area contributed by atoms with Crippen LogP contribution < -0.4 is 4.90 Å². The molecule has 0 bridgehead atoms. The molecule has 0 fully saturated rings. The standard InChI is InChI=1S/C39H34N2.C12H12.C2H6/c1-4-11-32-35-26-30(29-18-23-34-33-14-9-10-15-37(33)40(3)38(34)24-19-29)20-25-39(35)41(36(32)5-2)31-21-16-28(17-22-31)27-12-7-6-8-13-27;1-3-8-11(4-2)12-9-6-5-7-10-12;1-2/h4-17,19-22,24-26,34H,2,18,23H2,1,3H3;3-10H,1-2H2;1-2H3/b11-4-;11-8+;. The van der Waals surface area contributed by atoms with Crippen molar-refractivity contribution in [1.29, 1.82) is 0 Å². The van der Waals surface area contributed by atoms with E-state index in [-0.39, 0.29) is 0 Å². The number of benzene rings is 5. The molecule has 0 spiro atoms. The van der Waals surface area contributed by atoms with Crippen molar-refractivity contribution in [3.63, 3.8) is 0 Å². The molecule has 274 valence electrons. The molecular weight excluding hydrogens is 665 g/mol. The summed E-state index contributed by atoms with van der Waals surface area (Å²) in [7, 11) is 2.20. The van der Waals surface area contributed by atoms with E-state index in [1.54, 1.807) is 6.08 Å². The summed E-state index contributed by atoms with van der Waals surface area (Å²) in [4.78, 5) is 2.37. The quantitative estimate of drug-likeness (QED) is 0.142. The van der Waals surface area contributed by atoms with Gasteiger partial charge in [0.25, 0.3) is 0 Å². The fraction of sp³-hybridized carbons (Fsp3) is 0.132. The summed E-state index contributed by atoms with van der Waals surface area (Å²) in [6.45, 7) is 17.7. The van der Waals surface area contributed by atoms with Crippen molar-refractivity contribution in [1.82, 2.24) is 4.57 Å². The molecule has 0 N–H and O–H groups in total. The Kier molecular flexibility index (Phi) is 12.6. The summed E-state index contributed by atoms with van der Waals surface area (Å²) < 4.78 is 2.34. The molecule has 2 nitrogen and oxygen atoms in total. The zero-order chi connectivity index (χ0) is 38.7. The highest BCUT2D eigenvalue weighted by Gasteiger charge is 2.32. The number of nitrogens with zero attached hydrogens (tertiary/aromatic N) is 2. The van der Waals surface area contributed by atoms with Crippen LogP contribution in [0.15, 0.2) is 189 Å². The zero-order valence-corrected chi connectivity index (χ0v) is 32.8. The van der Waals surface area contributed by atoms with E-state index in [4.69, 9.17) is 0 Å². The molecule has 1 atom stereocenters. The topological polar surface area (TPSA) is 8.17 Å². The molecule has 0 saturated carbocycles. The summed E-state index contributed by atoms with van der Waals surface area (Å²) in [5.74, 6) is 0.458. The third-order valence-corrected chi connectivity index (χ3v) is 10.4. The monoisotopic (exact) mass is 716 g/mol. The highest BCUT2D eigenvalue weighted by molar-refractivity contribution is 5.97. The second kappa shape index (κ2) is 18.1. The number of fused-ring (bicyclic) bond motifs is 4. The van der Waals surface area contributed by atoms with Gasteiger partial charge in [0.15, 0.2) is 0 Å². The van der Waals surface area contributed by atoms with Crippen LogP contribution >= 0.6 is 0 Å². The van der Waals surface area contributed by atoms with Gasteiger partial charge in [0.05, 0.1) is 11.2 Å². The molecule has 1 aliphatic heterocycles. The van der Waals surface area contributed by atoms with E-state index in [1.165, 1.54) is 61.2 Å². The number of aromatic nitrogens is 1. The molecule has 2 heterocycles. The lowest BCUT2D eigenvalue weighted by atomic mass is 9.91. The van der Waals surface area contributed by atoms with Crippen molar-refractivity contribution in [2.24, 2.45) is 0 Å². The van der Waals surface area contributed by atoms with Crippen LogP contribution in [0.4, 0.5) is 5.69 Å². The maximum absolute atomic E-state index is 4.22. The summed E-state index contributed by atoms with van der Waals surface area (Å²) in [6, 6.07) is 45.3.